The van der Waals surface area contributed by atoms with Crippen molar-refractivity contribution in [1.82, 2.24) is 4.98 Å². The van der Waals surface area contributed by atoms with Crippen molar-refractivity contribution >= 4 is 46.0 Å². The van der Waals surface area contributed by atoms with Gasteiger partial charge in [-0.25, -0.2) is 0 Å². The Bertz CT molecular complexity index is 690. The molecule has 0 unspecified atom stereocenters. The Kier molecular flexibility index (Phi) is 3.33. The number of rotatable bonds is 2. The predicted molar refractivity (Wildman–Crippen MR) is 84.6 cm³/mol. The zero-order valence-corrected chi connectivity index (χ0v) is 11.9. The van der Waals surface area contributed by atoms with Crippen LogP contribution in [0.5, 0.6) is 5.75 Å². The molecule has 1 saturated heterocycles. The smallest absolute Gasteiger partial charge is 0.270 e. The van der Waals surface area contributed by atoms with Gasteiger partial charge in [0.15, 0.2) is 4.32 Å². The number of H-pyrrole nitrogens is 1. The number of thiocarbonyl (C=S) groups is 1. The second-order valence-corrected chi connectivity index (χ2v) is 5.83. The maximum absolute atomic E-state index is 12.4. The Balaban J connectivity index is 1.93. The van der Waals surface area contributed by atoms with E-state index in [1.165, 1.54) is 28.8 Å². The van der Waals surface area contributed by atoms with Crippen molar-refractivity contribution in [1.29, 1.82) is 0 Å². The minimum atomic E-state index is -0.153. The molecule has 2 heterocycles. The van der Waals surface area contributed by atoms with Crippen LogP contribution in [0.15, 0.2) is 47.5 Å². The second-order valence-electron chi connectivity index (χ2n) is 4.16. The highest BCUT2D eigenvalue weighted by Crippen LogP contribution is 2.36. The number of carbonyl (C=O) groups is 1. The van der Waals surface area contributed by atoms with Gasteiger partial charge in [-0.1, -0.05) is 24.0 Å². The van der Waals surface area contributed by atoms with Crippen LogP contribution >= 0.6 is 24.0 Å². The fourth-order valence-electron chi connectivity index (χ4n) is 1.87. The first kappa shape index (κ1) is 13.0. The van der Waals surface area contributed by atoms with Crippen LogP contribution < -0.4 is 4.90 Å². The zero-order chi connectivity index (χ0) is 14.1. The molecule has 4 nitrogen and oxygen atoms in total. The van der Waals surface area contributed by atoms with Crippen LogP contribution in [0.3, 0.4) is 0 Å². The summed E-state index contributed by atoms with van der Waals surface area (Å²) in [6.07, 6.45) is 3.58. The maximum Gasteiger partial charge on any atom is 0.270 e. The fraction of sp³-hybridized carbons (Fsp3) is 0. The van der Waals surface area contributed by atoms with Crippen LogP contribution in [0.4, 0.5) is 5.69 Å². The summed E-state index contributed by atoms with van der Waals surface area (Å²) in [5.74, 6) is 0.00130. The molecule has 1 fully saturated rings. The monoisotopic (exact) mass is 302 g/mol. The fourth-order valence-corrected chi connectivity index (χ4v) is 3.16. The van der Waals surface area contributed by atoms with Gasteiger partial charge in [-0.05, 0) is 42.5 Å². The molecule has 0 saturated carbocycles. The molecule has 1 aliphatic rings. The van der Waals surface area contributed by atoms with Gasteiger partial charge in [0.1, 0.15) is 5.75 Å². The summed E-state index contributed by atoms with van der Waals surface area (Å²) in [5.41, 5.74) is 1.51. The third-order valence-electron chi connectivity index (χ3n) is 2.81. The van der Waals surface area contributed by atoms with Crippen LogP contribution in [0.1, 0.15) is 5.69 Å². The molecule has 0 bridgehead atoms. The molecule has 1 aromatic carbocycles. The molecule has 3 rings (SSSR count). The van der Waals surface area contributed by atoms with E-state index in [1.807, 2.05) is 12.1 Å². The van der Waals surface area contributed by atoms with Crippen molar-refractivity contribution in [3.8, 4) is 5.75 Å². The van der Waals surface area contributed by atoms with Gasteiger partial charge in [0.25, 0.3) is 5.91 Å². The van der Waals surface area contributed by atoms with Crippen LogP contribution in [-0.2, 0) is 4.79 Å². The molecule has 2 N–H and O–H groups in total. The first-order valence-corrected chi connectivity index (χ1v) is 7.08. The Morgan fingerprint density at radius 1 is 1.25 bits per heavy atom. The highest BCUT2D eigenvalue weighted by atomic mass is 32.2. The van der Waals surface area contributed by atoms with Crippen LogP contribution in [0, 0.1) is 0 Å². The van der Waals surface area contributed by atoms with E-state index in [-0.39, 0.29) is 11.7 Å². The quantitative estimate of drug-likeness (QED) is 0.661. The predicted octanol–water partition coefficient (Wildman–Crippen LogP) is 3.13. The number of hydrogen-bond acceptors (Lipinski definition) is 4. The number of nitrogens with zero attached hydrogens (tertiary/aromatic N) is 1. The van der Waals surface area contributed by atoms with Crippen molar-refractivity contribution in [3.05, 3.63) is 53.2 Å². The SMILES string of the molecule is O=C1C(=Cc2ccc[nH]2)SC(=S)N1c1ccc(O)cc1. The van der Waals surface area contributed by atoms with Gasteiger partial charge in [0.2, 0.25) is 0 Å². The summed E-state index contributed by atoms with van der Waals surface area (Å²) in [7, 11) is 0. The maximum atomic E-state index is 12.4. The minimum Gasteiger partial charge on any atom is -0.508 e. The number of phenols is 1. The van der Waals surface area contributed by atoms with Crippen molar-refractivity contribution in [3.63, 3.8) is 0 Å². The number of aromatic amines is 1. The second kappa shape index (κ2) is 5.15. The Morgan fingerprint density at radius 3 is 2.65 bits per heavy atom. The average Bonchev–Trinajstić information content (AvgIpc) is 3.02. The zero-order valence-electron chi connectivity index (χ0n) is 10.2. The molecular weight excluding hydrogens is 292 g/mol. The van der Waals surface area contributed by atoms with Gasteiger partial charge in [0, 0.05) is 11.9 Å². The number of carbonyl (C=O) groups excluding carboxylic acids is 1. The number of thioether (sulfide) groups is 1. The first-order chi connectivity index (χ1) is 9.65. The average molecular weight is 302 g/mol. The Hall–Kier alpha value is -2.05. The van der Waals surface area contributed by atoms with E-state index in [1.54, 1.807) is 24.4 Å². The van der Waals surface area contributed by atoms with Crippen molar-refractivity contribution in [2.45, 2.75) is 0 Å². The van der Waals surface area contributed by atoms with E-state index < -0.39 is 0 Å². The Labute approximate surface area is 125 Å². The number of anilines is 1. The van der Waals surface area contributed by atoms with E-state index >= 15 is 0 Å². The summed E-state index contributed by atoms with van der Waals surface area (Å²) in [6.45, 7) is 0. The molecular formula is C14H10N2O2S2. The molecule has 0 spiro atoms. The number of nitrogens with one attached hydrogen (secondary N) is 1. The van der Waals surface area contributed by atoms with Crippen LogP contribution in [0.2, 0.25) is 0 Å². The summed E-state index contributed by atoms with van der Waals surface area (Å²) in [6, 6.07) is 10.1. The van der Waals surface area contributed by atoms with Gasteiger partial charge in [-0.15, -0.1) is 0 Å². The van der Waals surface area contributed by atoms with Crippen molar-refractivity contribution in [2.24, 2.45) is 0 Å². The summed E-state index contributed by atoms with van der Waals surface area (Å²) >= 11 is 6.53. The molecule has 20 heavy (non-hydrogen) atoms. The van der Waals surface area contributed by atoms with E-state index in [2.05, 4.69) is 4.98 Å². The molecule has 100 valence electrons. The van der Waals surface area contributed by atoms with Gasteiger partial charge < -0.3 is 10.1 Å². The molecule has 0 atom stereocenters. The summed E-state index contributed by atoms with van der Waals surface area (Å²) in [5, 5.41) is 9.30. The lowest BCUT2D eigenvalue weighted by Crippen LogP contribution is -2.27. The third kappa shape index (κ3) is 2.35. The molecule has 1 aromatic heterocycles. The number of benzene rings is 1. The minimum absolute atomic E-state index is 0.153. The van der Waals surface area contributed by atoms with Gasteiger partial charge >= 0.3 is 0 Å². The van der Waals surface area contributed by atoms with Gasteiger partial charge in [-0.3, -0.25) is 9.69 Å². The van der Waals surface area contributed by atoms with Crippen LogP contribution in [0.25, 0.3) is 6.08 Å². The van der Waals surface area contributed by atoms with Crippen molar-refractivity contribution < 1.29 is 9.90 Å². The largest absolute Gasteiger partial charge is 0.508 e. The number of phenolic OH excluding ortho intramolecular Hbond substituents is 1. The normalized spacial score (nSPS) is 17.2. The number of aromatic hydroxyl groups is 1. The molecule has 1 aliphatic heterocycles. The lowest BCUT2D eigenvalue weighted by atomic mass is 10.2. The van der Waals surface area contributed by atoms with Crippen molar-refractivity contribution in [2.75, 3.05) is 4.90 Å². The van der Waals surface area contributed by atoms with E-state index in [4.69, 9.17) is 12.2 Å². The molecule has 0 aliphatic carbocycles. The Morgan fingerprint density at radius 2 is 2.00 bits per heavy atom. The molecule has 1 amide bonds. The van der Waals surface area contributed by atoms with Crippen LogP contribution in [-0.4, -0.2) is 20.3 Å². The van der Waals surface area contributed by atoms with E-state index in [0.29, 0.717) is 14.9 Å². The summed E-state index contributed by atoms with van der Waals surface area (Å²) < 4.78 is 0.485. The molecule has 2 aromatic rings. The highest BCUT2D eigenvalue weighted by molar-refractivity contribution is 8.27. The topological polar surface area (TPSA) is 56.3 Å². The molecule has 0 radical (unpaired) electrons. The number of hydrogen-bond donors (Lipinski definition) is 2. The number of aromatic nitrogens is 1. The lowest BCUT2D eigenvalue weighted by Gasteiger charge is -2.14. The molecule has 6 heteroatoms. The highest BCUT2D eigenvalue weighted by Gasteiger charge is 2.33. The van der Waals surface area contributed by atoms with Gasteiger partial charge in [0.05, 0.1) is 10.6 Å². The third-order valence-corrected chi connectivity index (χ3v) is 4.11. The standard InChI is InChI=1S/C14H10N2O2S2/c17-11-5-3-10(4-6-11)16-13(18)12(20-14(16)19)8-9-2-1-7-15-9/h1-8,15,17H. The lowest BCUT2D eigenvalue weighted by molar-refractivity contribution is -0.113. The number of amides is 1. The van der Waals surface area contributed by atoms with E-state index in [0.717, 1.165) is 5.69 Å². The van der Waals surface area contributed by atoms with E-state index in [9.17, 15) is 9.90 Å². The first-order valence-electron chi connectivity index (χ1n) is 5.85. The summed E-state index contributed by atoms with van der Waals surface area (Å²) in [4.78, 5) is 17.5. The van der Waals surface area contributed by atoms with Gasteiger partial charge in [-0.2, -0.15) is 0 Å².